The highest BCUT2D eigenvalue weighted by atomic mass is 31.2. The van der Waals surface area contributed by atoms with E-state index in [0.717, 1.165) is 77.0 Å². The van der Waals surface area contributed by atoms with E-state index in [1.54, 1.807) is 19.0 Å². The lowest BCUT2D eigenvalue weighted by Gasteiger charge is -2.20. The number of phosphoric ester groups is 1. The summed E-state index contributed by atoms with van der Waals surface area (Å²) in [7, 11) is -0.796. The van der Waals surface area contributed by atoms with Crippen LogP contribution in [0.1, 0.15) is 117 Å². The second kappa shape index (κ2) is 42.3. The average molecular weight is 838 g/mol. The summed E-state index contributed by atoms with van der Waals surface area (Å²) in [4.78, 5) is 37.0. The Morgan fingerprint density at radius 3 is 1.32 bits per heavy atom. The van der Waals surface area contributed by atoms with Gasteiger partial charge in [-0.25, -0.2) is 4.57 Å². The Labute approximate surface area is 358 Å². The number of hydrogen-bond acceptors (Lipinski definition) is 8. The monoisotopic (exact) mass is 838 g/mol. The van der Waals surface area contributed by atoms with Gasteiger partial charge in [0.2, 0.25) is 0 Å². The Morgan fingerprint density at radius 1 is 0.525 bits per heavy atom. The van der Waals surface area contributed by atoms with Gasteiger partial charge >= 0.3 is 19.8 Å². The molecule has 0 heterocycles. The number of esters is 2. The van der Waals surface area contributed by atoms with Crippen molar-refractivity contribution in [1.82, 2.24) is 4.90 Å². The van der Waals surface area contributed by atoms with E-state index in [0.29, 0.717) is 19.4 Å². The molecule has 0 saturated carbocycles. The zero-order chi connectivity index (χ0) is 43.3. The van der Waals surface area contributed by atoms with Crippen molar-refractivity contribution in [2.45, 2.75) is 123 Å². The second-order valence-electron chi connectivity index (χ2n) is 13.7. The van der Waals surface area contributed by atoms with E-state index in [9.17, 15) is 19.0 Å². The number of hydrogen-bond donors (Lipinski definition) is 1. The maximum Gasteiger partial charge on any atom is 0.472 e. The Hall–Kier alpha value is -3.85. The molecule has 330 valence electrons. The quantitative estimate of drug-likeness (QED) is 0.0283. The number of unbranched alkanes of at least 4 members (excludes halogenated alkanes) is 1. The van der Waals surface area contributed by atoms with Gasteiger partial charge in [0.15, 0.2) is 6.10 Å². The first-order chi connectivity index (χ1) is 28.7. The van der Waals surface area contributed by atoms with Crippen molar-refractivity contribution in [3.8, 4) is 0 Å². The standard InChI is InChI=1S/C49H76NO8P/c1-5-7-9-11-13-15-17-19-21-23-24-26-28-30-32-34-36-38-40-42-49(52)58-47(46-57-59(53,54)56-44-43-50(3)4)45-55-48(51)41-39-37-35-33-31-29-27-25-22-20-18-16-14-12-10-8-6-2/h7-10,13-16,19-22,24,26-27,29-30,32-33,35-36,38,47H,5-6,11-12,17-18,23,25,28,31,34,37,39-46H2,1-4H3,(H,53,54)/b9-7-,10-8-,15-13-,16-14-,21-19-,22-20-,26-24-,29-27-,32-30-,35-33-,38-36-. The molecule has 0 amide bonds. The van der Waals surface area contributed by atoms with Crippen LogP contribution in [0, 0.1) is 0 Å². The summed E-state index contributed by atoms with van der Waals surface area (Å²) in [5.74, 6) is -0.986. The lowest BCUT2D eigenvalue weighted by atomic mass is 10.2. The number of carbonyl (C=O) groups is 2. The van der Waals surface area contributed by atoms with Crippen molar-refractivity contribution in [2.24, 2.45) is 0 Å². The van der Waals surface area contributed by atoms with Crippen molar-refractivity contribution < 1.29 is 37.6 Å². The van der Waals surface area contributed by atoms with Crippen molar-refractivity contribution in [3.63, 3.8) is 0 Å². The molecule has 59 heavy (non-hydrogen) atoms. The zero-order valence-corrected chi connectivity index (χ0v) is 37.5. The van der Waals surface area contributed by atoms with Crippen LogP contribution < -0.4 is 0 Å². The van der Waals surface area contributed by atoms with E-state index < -0.39 is 32.5 Å². The van der Waals surface area contributed by atoms with E-state index in [1.165, 1.54) is 0 Å². The van der Waals surface area contributed by atoms with E-state index in [1.807, 2.05) is 18.2 Å². The van der Waals surface area contributed by atoms with E-state index >= 15 is 0 Å². The van der Waals surface area contributed by atoms with Crippen LogP contribution in [0.4, 0.5) is 0 Å². The molecule has 0 aliphatic rings. The number of likely N-dealkylation sites (N-methyl/N-ethyl adjacent to an activating group) is 1. The third-order valence-electron chi connectivity index (χ3n) is 7.97. The highest BCUT2D eigenvalue weighted by Gasteiger charge is 2.26. The smallest absolute Gasteiger partial charge is 0.462 e. The summed E-state index contributed by atoms with van der Waals surface area (Å²) < 4.78 is 33.3. The van der Waals surface area contributed by atoms with Gasteiger partial charge in [0, 0.05) is 19.4 Å². The minimum Gasteiger partial charge on any atom is -0.462 e. The van der Waals surface area contributed by atoms with E-state index in [-0.39, 0.29) is 26.1 Å². The fraction of sp³-hybridized carbons (Fsp3) is 0.510. The number of carbonyl (C=O) groups excluding carboxylic acids is 2. The van der Waals surface area contributed by atoms with Crippen LogP contribution in [0.5, 0.6) is 0 Å². The molecule has 2 unspecified atom stereocenters. The van der Waals surface area contributed by atoms with Crippen LogP contribution in [0.3, 0.4) is 0 Å². The Bertz CT molecular complexity index is 1430. The summed E-state index contributed by atoms with van der Waals surface area (Å²) in [6.07, 6.45) is 58.1. The second-order valence-corrected chi connectivity index (χ2v) is 15.2. The van der Waals surface area contributed by atoms with Crippen molar-refractivity contribution in [2.75, 3.05) is 40.5 Å². The molecule has 9 nitrogen and oxygen atoms in total. The van der Waals surface area contributed by atoms with Crippen LogP contribution in [0.15, 0.2) is 134 Å². The normalized spacial score (nSPS) is 14.7. The van der Waals surface area contributed by atoms with Gasteiger partial charge in [0.05, 0.1) is 13.2 Å². The number of phosphoric acid groups is 1. The molecule has 10 heteroatoms. The predicted molar refractivity (Wildman–Crippen MR) is 247 cm³/mol. The zero-order valence-electron chi connectivity index (χ0n) is 36.6. The van der Waals surface area contributed by atoms with Crippen LogP contribution in [-0.4, -0.2) is 68.3 Å². The van der Waals surface area contributed by atoms with Crippen molar-refractivity contribution in [3.05, 3.63) is 134 Å². The molecule has 0 radical (unpaired) electrons. The minimum absolute atomic E-state index is 0.0237. The topological polar surface area (TPSA) is 112 Å². The highest BCUT2D eigenvalue weighted by Crippen LogP contribution is 2.43. The minimum atomic E-state index is -4.41. The average Bonchev–Trinajstić information content (AvgIpc) is 3.20. The van der Waals surface area contributed by atoms with Crippen molar-refractivity contribution in [1.29, 1.82) is 0 Å². The molecule has 0 aromatic carbocycles. The molecular formula is C49H76NO8P. The summed E-state index contributed by atoms with van der Waals surface area (Å²) >= 11 is 0. The molecule has 0 rings (SSSR count). The van der Waals surface area contributed by atoms with Gasteiger partial charge < -0.3 is 19.3 Å². The summed E-state index contributed by atoms with van der Waals surface area (Å²) in [6.45, 7) is 3.90. The SMILES string of the molecule is CC/C=C\C/C=C\C/C=C\C/C=C\C/C=C\C/C=C\CCC(=O)OC(COC(=O)CCC/C=C\C/C=C\C/C=C\C/C=C\C/C=C\CC)COP(=O)(O)OCCN(C)C. The maximum atomic E-state index is 12.6. The Balaban J connectivity index is 4.56. The number of ether oxygens (including phenoxy) is 2. The van der Waals surface area contributed by atoms with Crippen molar-refractivity contribution >= 4 is 19.8 Å². The first-order valence-electron chi connectivity index (χ1n) is 21.5. The largest absolute Gasteiger partial charge is 0.472 e. The number of rotatable bonds is 37. The molecule has 0 aliphatic carbocycles. The lowest BCUT2D eigenvalue weighted by Crippen LogP contribution is -2.29. The maximum absolute atomic E-state index is 12.6. The Kier molecular flexibility index (Phi) is 39.5. The first-order valence-corrected chi connectivity index (χ1v) is 23.0. The Morgan fingerprint density at radius 2 is 0.915 bits per heavy atom. The van der Waals surface area contributed by atoms with Gasteiger partial charge in [-0.15, -0.1) is 0 Å². The lowest BCUT2D eigenvalue weighted by molar-refractivity contribution is -0.161. The molecular weight excluding hydrogens is 762 g/mol. The first kappa shape index (κ1) is 55.2. The molecule has 0 fully saturated rings. The third kappa shape index (κ3) is 43.6. The molecule has 0 aliphatic heterocycles. The molecule has 1 N–H and O–H groups in total. The van der Waals surface area contributed by atoms with Crippen LogP contribution in [0.25, 0.3) is 0 Å². The fourth-order valence-corrected chi connectivity index (χ4v) is 5.49. The summed E-state index contributed by atoms with van der Waals surface area (Å²) in [5, 5.41) is 0. The third-order valence-corrected chi connectivity index (χ3v) is 8.95. The molecule has 0 spiro atoms. The molecule has 0 aromatic heterocycles. The van der Waals surface area contributed by atoms with E-state index in [2.05, 4.69) is 129 Å². The van der Waals surface area contributed by atoms with Gasteiger partial charge in [-0.1, -0.05) is 148 Å². The molecule has 0 saturated heterocycles. The van der Waals surface area contributed by atoms with Gasteiger partial charge in [-0.3, -0.25) is 18.6 Å². The van der Waals surface area contributed by atoms with Gasteiger partial charge in [0.25, 0.3) is 0 Å². The number of nitrogens with zero attached hydrogens (tertiary/aromatic N) is 1. The fourth-order valence-electron chi connectivity index (χ4n) is 4.75. The number of allylic oxidation sites excluding steroid dienone is 22. The summed E-state index contributed by atoms with van der Waals surface area (Å²) in [6, 6.07) is 0. The van der Waals surface area contributed by atoms with Crippen LogP contribution >= 0.6 is 7.82 Å². The van der Waals surface area contributed by atoms with Gasteiger partial charge in [-0.2, -0.15) is 0 Å². The van der Waals surface area contributed by atoms with Crippen LogP contribution in [0.2, 0.25) is 0 Å². The predicted octanol–water partition coefficient (Wildman–Crippen LogP) is 12.5. The van der Waals surface area contributed by atoms with E-state index in [4.69, 9.17) is 18.5 Å². The highest BCUT2D eigenvalue weighted by molar-refractivity contribution is 7.47. The molecule has 2 atom stereocenters. The molecule has 0 bridgehead atoms. The molecule has 0 aromatic rings. The summed E-state index contributed by atoms with van der Waals surface area (Å²) in [5.41, 5.74) is 0. The van der Waals surface area contributed by atoms with Gasteiger partial charge in [-0.05, 0) is 104 Å². The van der Waals surface area contributed by atoms with Crippen LogP contribution in [-0.2, 0) is 32.7 Å². The van der Waals surface area contributed by atoms with Gasteiger partial charge in [0.1, 0.15) is 6.61 Å².